The smallest absolute Gasteiger partial charge is 0.253 e. The highest BCUT2D eigenvalue weighted by Crippen LogP contribution is 2.35. The van der Waals surface area contributed by atoms with Gasteiger partial charge in [-0.05, 0) is 49.6 Å². The number of amides is 1. The molecule has 0 aliphatic carbocycles. The third-order valence-electron chi connectivity index (χ3n) is 5.49. The number of aromatic nitrogens is 2. The summed E-state index contributed by atoms with van der Waals surface area (Å²) in [6.45, 7) is 1.45. The molecule has 1 aromatic heterocycles. The van der Waals surface area contributed by atoms with Gasteiger partial charge in [0.15, 0.2) is 0 Å². The fourth-order valence-corrected chi connectivity index (χ4v) is 3.87. The maximum absolute atomic E-state index is 12.8. The maximum Gasteiger partial charge on any atom is 0.253 e. The number of likely N-dealkylation sites (tertiary alicyclic amines) is 1. The van der Waals surface area contributed by atoms with Crippen LogP contribution in [0.25, 0.3) is 5.69 Å². The van der Waals surface area contributed by atoms with E-state index in [1.54, 1.807) is 27.9 Å². The lowest BCUT2D eigenvalue weighted by atomic mass is 9.80. The minimum Gasteiger partial charge on any atom is -0.390 e. The van der Waals surface area contributed by atoms with Crippen LogP contribution < -0.4 is 0 Å². The number of hydrogen-bond donors (Lipinski definition) is 2. The molecule has 7 heteroatoms. The number of rotatable bonds is 2. The minimum absolute atomic E-state index is 0.0299. The van der Waals surface area contributed by atoms with Crippen molar-refractivity contribution in [1.29, 1.82) is 0 Å². The lowest BCUT2D eigenvalue weighted by molar-refractivity contribution is -0.212. The standard InChI is InChI=1S/C19H23N3O4/c23-16-6-13-26-19(17(16)24)7-11-21(12-8-19)18(25)14-2-4-15(5-3-14)22-10-1-9-20-22/h1-5,9-10,16-17,23-24H,6-8,11-13H2/t16-,17-/m0/s1. The van der Waals surface area contributed by atoms with Crippen LogP contribution in [-0.4, -0.2) is 68.3 Å². The Labute approximate surface area is 151 Å². The Morgan fingerprint density at radius 3 is 2.58 bits per heavy atom. The number of benzene rings is 1. The van der Waals surface area contributed by atoms with E-state index in [-0.39, 0.29) is 5.91 Å². The summed E-state index contributed by atoms with van der Waals surface area (Å²) in [4.78, 5) is 14.5. The van der Waals surface area contributed by atoms with Gasteiger partial charge >= 0.3 is 0 Å². The largest absolute Gasteiger partial charge is 0.390 e. The van der Waals surface area contributed by atoms with E-state index < -0.39 is 17.8 Å². The van der Waals surface area contributed by atoms with Crippen LogP contribution in [0.1, 0.15) is 29.6 Å². The molecule has 1 aromatic carbocycles. The molecule has 2 saturated heterocycles. The van der Waals surface area contributed by atoms with Crippen molar-refractivity contribution in [2.75, 3.05) is 19.7 Å². The van der Waals surface area contributed by atoms with Gasteiger partial charge in [0, 0.05) is 31.0 Å². The lowest BCUT2D eigenvalue weighted by Gasteiger charge is -2.48. The SMILES string of the molecule is O=C(c1ccc(-n2cccn2)cc1)N1CCC2(CC1)OCC[C@H](O)[C@@H]2O. The Morgan fingerprint density at radius 2 is 1.92 bits per heavy atom. The highest BCUT2D eigenvalue weighted by molar-refractivity contribution is 5.94. The van der Waals surface area contributed by atoms with E-state index in [0.717, 1.165) is 5.69 Å². The second-order valence-electron chi connectivity index (χ2n) is 7.00. The molecule has 1 spiro atoms. The first-order valence-corrected chi connectivity index (χ1v) is 8.98. The molecule has 2 fully saturated rings. The number of carbonyl (C=O) groups excluding carboxylic acids is 1. The summed E-state index contributed by atoms with van der Waals surface area (Å²) >= 11 is 0. The van der Waals surface area contributed by atoms with Crippen molar-refractivity contribution in [2.45, 2.75) is 37.1 Å². The van der Waals surface area contributed by atoms with Gasteiger partial charge in [-0.1, -0.05) is 0 Å². The zero-order valence-electron chi connectivity index (χ0n) is 14.5. The highest BCUT2D eigenvalue weighted by Gasteiger charge is 2.48. The first kappa shape index (κ1) is 17.2. The predicted molar refractivity (Wildman–Crippen MR) is 94.0 cm³/mol. The van der Waals surface area contributed by atoms with Crippen LogP contribution in [0.3, 0.4) is 0 Å². The van der Waals surface area contributed by atoms with E-state index in [9.17, 15) is 15.0 Å². The second-order valence-corrected chi connectivity index (χ2v) is 7.00. The van der Waals surface area contributed by atoms with E-state index in [0.29, 0.717) is 44.5 Å². The van der Waals surface area contributed by atoms with Crippen molar-refractivity contribution < 1.29 is 19.7 Å². The van der Waals surface area contributed by atoms with E-state index in [2.05, 4.69) is 5.10 Å². The zero-order chi connectivity index (χ0) is 18.1. The lowest BCUT2D eigenvalue weighted by Crippen LogP contribution is -2.60. The summed E-state index contributed by atoms with van der Waals surface area (Å²) in [7, 11) is 0. The summed E-state index contributed by atoms with van der Waals surface area (Å²) in [5.41, 5.74) is 0.803. The molecule has 2 aliphatic heterocycles. The van der Waals surface area contributed by atoms with E-state index in [1.807, 2.05) is 24.4 Å². The Morgan fingerprint density at radius 1 is 1.19 bits per heavy atom. The number of aliphatic hydroxyl groups is 2. The van der Waals surface area contributed by atoms with E-state index in [1.165, 1.54) is 0 Å². The molecule has 2 aliphatic rings. The molecule has 0 saturated carbocycles. The maximum atomic E-state index is 12.8. The number of ether oxygens (including phenoxy) is 1. The molecule has 4 rings (SSSR count). The molecule has 0 radical (unpaired) electrons. The van der Waals surface area contributed by atoms with Crippen LogP contribution in [0.5, 0.6) is 0 Å². The Kier molecular flexibility index (Phi) is 4.52. The number of hydrogen-bond acceptors (Lipinski definition) is 5. The topological polar surface area (TPSA) is 87.8 Å². The van der Waals surface area contributed by atoms with Crippen molar-refractivity contribution in [3.63, 3.8) is 0 Å². The number of nitrogens with zero attached hydrogens (tertiary/aromatic N) is 3. The summed E-state index contributed by atoms with van der Waals surface area (Å²) in [6, 6.07) is 9.20. The molecule has 2 aromatic rings. The van der Waals surface area contributed by atoms with Gasteiger partial charge < -0.3 is 19.8 Å². The number of piperidine rings is 1. The fourth-order valence-electron chi connectivity index (χ4n) is 3.87. The van der Waals surface area contributed by atoms with Crippen LogP contribution >= 0.6 is 0 Å². The number of carbonyl (C=O) groups is 1. The molecule has 3 heterocycles. The van der Waals surface area contributed by atoms with Crippen LogP contribution in [0.4, 0.5) is 0 Å². The van der Waals surface area contributed by atoms with Crippen molar-refractivity contribution in [3.8, 4) is 5.69 Å². The van der Waals surface area contributed by atoms with Gasteiger partial charge in [-0.25, -0.2) is 4.68 Å². The van der Waals surface area contributed by atoms with Crippen molar-refractivity contribution in [3.05, 3.63) is 48.3 Å². The third kappa shape index (κ3) is 3.02. The van der Waals surface area contributed by atoms with E-state index >= 15 is 0 Å². The molecule has 0 bridgehead atoms. The normalized spacial score (nSPS) is 25.4. The Hall–Kier alpha value is -2.22. The molecule has 2 atom stereocenters. The van der Waals surface area contributed by atoms with Crippen LogP contribution in [-0.2, 0) is 4.74 Å². The molecule has 7 nitrogen and oxygen atoms in total. The van der Waals surface area contributed by atoms with Gasteiger partial charge in [-0.2, -0.15) is 5.10 Å². The van der Waals surface area contributed by atoms with Crippen LogP contribution in [0, 0.1) is 0 Å². The average Bonchev–Trinajstić information content (AvgIpc) is 3.21. The van der Waals surface area contributed by atoms with Crippen molar-refractivity contribution in [1.82, 2.24) is 14.7 Å². The Bertz CT molecular complexity index is 752. The van der Waals surface area contributed by atoms with Gasteiger partial charge in [0.2, 0.25) is 0 Å². The van der Waals surface area contributed by atoms with Gasteiger partial charge in [0.1, 0.15) is 6.10 Å². The predicted octanol–water partition coefficient (Wildman–Crippen LogP) is 0.989. The van der Waals surface area contributed by atoms with Gasteiger partial charge in [0.05, 0.1) is 24.0 Å². The van der Waals surface area contributed by atoms with Crippen LogP contribution in [0.2, 0.25) is 0 Å². The molecular formula is C19H23N3O4. The quantitative estimate of drug-likeness (QED) is 0.837. The first-order chi connectivity index (χ1) is 12.6. The molecule has 2 N–H and O–H groups in total. The van der Waals surface area contributed by atoms with Crippen LogP contribution in [0.15, 0.2) is 42.7 Å². The number of aliphatic hydroxyl groups excluding tert-OH is 2. The van der Waals surface area contributed by atoms with Gasteiger partial charge in [-0.15, -0.1) is 0 Å². The summed E-state index contributed by atoms with van der Waals surface area (Å²) in [6.07, 6.45) is 3.44. The Balaban J connectivity index is 1.42. The summed E-state index contributed by atoms with van der Waals surface area (Å²) in [5, 5.41) is 24.4. The van der Waals surface area contributed by atoms with Gasteiger partial charge in [-0.3, -0.25) is 4.79 Å². The molecule has 0 unspecified atom stereocenters. The average molecular weight is 357 g/mol. The van der Waals surface area contributed by atoms with E-state index in [4.69, 9.17) is 4.74 Å². The monoisotopic (exact) mass is 357 g/mol. The molecule has 1 amide bonds. The fraction of sp³-hybridized carbons (Fsp3) is 0.474. The van der Waals surface area contributed by atoms with Gasteiger partial charge in [0.25, 0.3) is 5.91 Å². The molecular weight excluding hydrogens is 334 g/mol. The second kappa shape index (κ2) is 6.83. The molecule has 26 heavy (non-hydrogen) atoms. The first-order valence-electron chi connectivity index (χ1n) is 8.98. The third-order valence-corrected chi connectivity index (χ3v) is 5.49. The van der Waals surface area contributed by atoms with Crippen molar-refractivity contribution >= 4 is 5.91 Å². The zero-order valence-corrected chi connectivity index (χ0v) is 14.5. The highest BCUT2D eigenvalue weighted by atomic mass is 16.5. The summed E-state index contributed by atoms with van der Waals surface area (Å²) < 4.78 is 7.56. The molecule has 138 valence electrons. The van der Waals surface area contributed by atoms with Crippen molar-refractivity contribution in [2.24, 2.45) is 0 Å². The summed E-state index contributed by atoms with van der Waals surface area (Å²) in [5.74, 6) is -0.0299. The minimum atomic E-state index is -0.887.